The minimum atomic E-state index is -0.102. The minimum absolute atomic E-state index is 0.102. The molecule has 1 saturated heterocycles. The zero-order valence-corrected chi connectivity index (χ0v) is 6.97. The summed E-state index contributed by atoms with van der Waals surface area (Å²) < 4.78 is 10.8. The van der Waals surface area contributed by atoms with Crippen LogP contribution in [-0.2, 0) is 9.47 Å². The first-order chi connectivity index (χ1) is 5.47. The quantitative estimate of drug-likeness (QED) is 0.643. The summed E-state index contributed by atoms with van der Waals surface area (Å²) in [4.78, 5) is 0. The molecule has 1 aromatic rings. The Morgan fingerprint density at radius 2 is 2.18 bits per heavy atom. The first-order valence-electron chi connectivity index (χ1n) is 3.72. The van der Waals surface area contributed by atoms with Crippen molar-refractivity contribution < 1.29 is 9.47 Å². The lowest BCUT2D eigenvalue weighted by atomic mass is 10.3. The zero-order valence-electron chi connectivity index (χ0n) is 6.16. The van der Waals surface area contributed by atoms with E-state index in [-0.39, 0.29) is 6.29 Å². The summed E-state index contributed by atoms with van der Waals surface area (Å²) in [6.07, 6.45) is 0.913. The van der Waals surface area contributed by atoms with E-state index in [0.717, 1.165) is 25.2 Å². The Labute approximate surface area is 69.8 Å². The van der Waals surface area contributed by atoms with Gasteiger partial charge in [-0.05, 0) is 23.2 Å². The Kier molecular flexibility index (Phi) is 2.21. The van der Waals surface area contributed by atoms with Crippen LogP contribution in [0.2, 0.25) is 0 Å². The molecular weight excluding hydrogens is 160 g/mol. The van der Waals surface area contributed by atoms with Crippen molar-refractivity contribution in [1.82, 2.24) is 0 Å². The van der Waals surface area contributed by atoms with Gasteiger partial charge in [0.05, 0.1) is 13.2 Å². The molecule has 0 radical (unpaired) electrons. The van der Waals surface area contributed by atoms with Crippen LogP contribution in [0.1, 0.15) is 18.3 Å². The van der Waals surface area contributed by atoms with Crippen LogP contribution >= 0.6 is 11.3 Å². The largest absolute Gasteiger partial charge is 0.348 e. The summed E-state index contributed by atoms with van der Waals surface area (Å²) in [5.74, 6) is 0. The molecule has 0 spiro atoms. The topological polar surface area (TPSA) is 18.5 Å². The van der Waals surface area contributed by atoms with Gasteiger partial charge in [-0.1, -0.05) is 0 Å². The Hall–Kier alpha value is -0.380. The van der Waals surface area contributed by atoms with Crippen molar-refractivity contribution in [2.75, 3.05) is 13.2 Å². The molecule has 1 aliphatic heterocycles. The standard InChI is InChI=1S/C8H10O2S/c1-3-9-8(10-4-1)7-2-5-11-6-7/h2,5-6,8H,1,3-4H2. The molecule has 0 aromatic carbocycles. The summed E-state index contributed by atoms with van der Waals surface area (Å²) in [6.45, 7) is 1.64. The average molecular weight is 170 g/mol. The van der Waals surface area contributed by atoms with Crippen LogP contribution in [0.4, 0.5) is 0 Å². The molecule has 1 aliphatic rings. The van der Waals surface area contributed by atoms with E-state index in [0.29, 0.717) is 0 Å². The molecule has 0 atom stereocenters. The maximum Gasteiger partial charge on any atom is 0.184 e. The second kappa shape index (κ2) is 3.34. The fourth-order valence-corrected chi connectivity index (χ4v) is 1.75. The van der Waals surface area contributed by atoms with Crippen LogP contribution in [0.25, 0.3) is 0 Å². The van der Waals surface area contributed by atoms with Gasteiger partial charge in [-0.25, -0.2) is 0 Å². The van der Waals surface area contributed by atoms with E-state index in [4.69, 9.17) is 9.47 Å². The monoisotopic (exact) mass is 170 g/mol. The highest BCUT2D eigenvalue weighted by atomic mass is 32.1. The predicted molar refractivity (Wildman–Crippen MR) is 43.6 cm³/mol. The molecule has 0 saturated carbocycles. The van der Waals surface area contributed by atoms with Crippen molar-refractivity contribution in [3.63, 3.8) is 0 Å². The predicted octanol–water partition coefficient (Wildman–Crippen LogP) is 2.18. The number of thiophene rings is 1. The van der Waals surface area contributed by atoms with Gasteiger partial charge in [-0.2, -0.15) is 11.3 Å². The Morgan fingerprint density at radius 3 is 2.82 bits per heavy atom. The van der Waals surface area contributed by atoms with Crippen molar-refractivity contribution in [1.29, 1.82) is 0 Å². The average Bonchev–Trinajstić information content (AvgIpc) is 2.58. The molecule has 0 amide bonds. The zero-order chi connectivity index (χ0) is 7.52. The summed E-state index contributed by atoms with van der Waals surface area (Å²) >= 11 is 1.67. The maximum atomic E-state index is 5.41. The smallest absolute Gasteiger partial charge is 0.184 e. The molecule has 60 valence electrons. The molecule has 0 N–H and O–H groups in total. The molecule has 2 rings (SSSR count). The summed E-state index contributed by atoms with van der Waals surface area (Å²) in [5, 5.41) is 4.10. The van der Waals surface area contributed by atoms with Gasteiger partial charge in [0.15, 0.2) is 6.29 Å². The van der Waals surface area contributed by atoms with E-state index in [1.54, 1.807) is 11.3 Å². The van der Waals surface area contributed by atoms with Gasteiger partial charge in [-0.3, -0.25) is 0 Å². The van der Waals surface area contributed by atoms with Gasteiger partial charge < -0.3 is 9.47 Å². The van der Waals surface area contributed by atoms with E-state index in [2.05, 4.69) is 5.38 Å². The fraction of sp³-hybridized carbons (Fsp3) is 0.500. The molecule has 0 unspecified atom stereocenters. The Morgan fingerprint density at radius 1 is 1.36 bits per heavy atom. The highest BCUT2D eigenvalue weighted by Gasteiger charge is 2.15. The van der Waals surface area contributed by atoms with Gasteiger partial charge in [0.1, 0.15) is 0 Å². The molecule has 0 aliphatic carbocycles. The lowest BCUT2D eigenvalue weighted by Gasteiger charge is -2.22. The molecule has 1 fully saturated rings. The van der Waals surface area contributed by atoms with Gasteiger partial charge in [0.25, 0.3) is 0 Å². The van der Waals surface area contributed by atoms with Gasteiger partial charge in [0.2, 0.25) is 0 Å². The normalized spacial score (nSPS) is 20.4. The van der Waals surface area contributed by atoms with Crippen LogP contribution in [0.5, 0.6) is 0 Å². The van der Waals surface area contributed by atoms with Gasteiger partial charge in [-0.15, -0.1) is 0 Å². The molecule has 2 nitrogen and oxygen atoms in total. The van der Waals surface area contributed by atoms with E-state index < -0.39 is 0 Å². The minimum Gasteiger partial charge on any atom is -0.348 e. The maximum absolute atomic E-state index is 5.41. The van der Waals surface area contributed by atoms with Gasteiger partial charge in [0, 0.05) is 5.56 Å². The van der Waals surface area contributed by atoms with Crippen LogP contribution < -0.4 is 0 Å². The Bertz CT molecular complexity index is 202. The van der Waals surface area contributed by atoms with Crippen LogP contribution in [-0.4, -0.2) is 13.2 Å². The number of hydrogen-bond acceptors (Lipinski definition) is 3. The molecule has 0 bridgehead atoms. The van der Waals surface area contributed by atoms with E-state index in [9.17, 15) is 0 Å². The van der Waals surface area contributed by atoms with E-state index in [1.807, 2.05) is 11.4 Å². The molecule has 3 heteroatoms. The van der Waals surface area contributed by atoms with Crippen molar-refractivity contribution in [3.05, 3.63) is 22.4 Å². The SMILES string of the molecule is c1cc(C2OCCCO2)cs1. The molecule has 11 heavy (non-hydrogen) atoms. The molecule has 2 heterocycles. The van der Waals surface area contributed by atoms with E-state index in [1.165, 1.54) is 0 Å². The lowest BCUT2D eigenvalue weighted by molar-refractivity contribution is -0.182. The molecule has 1 aromatic heterocycles. The van der Waals surface area contributed by atoms with E-state index >= 15 is 0 Å². The highest BCUT2D eigenvalue weighted by molar-refractivity contribution is 7.07. The van der Waals surface area contributed by atoms with Gasteiger partial charge >= 0.3 is 0 Å². The first-order valence-corrected chi connectivity index (χ1v) is 4.66. The van der Waals surface area contributed by atoms with Crippen LogP contribution in [0, 0.1) is 0 Å². The second-order valence-electron chi connectivity index (χ2n) is 2.48. The third-order valence-electron chi connectivity index (χ3n) is 1.64. The number of hydrogen-bond donors (Lipinski definition) is 0. The first kappa shape index (κ1) is 7.28. The van der Waals surface area contributed by atoms with Crippen molar-refractivity contribution in [3.8, 4) is 0 Å². The number of ether oxygens (including phenoxy) is 2. The third kappa shape index (κ3) is 1.61. The van der Waals surface area contributed by atoms with Crippen molar-refractivity contribution in [2.24, 2.45) is 0 Å². The highest BCUT2D eigenvalue weighted by Crippen LogP contribution is 2.24. The Balaban J connectivity index is 2.04. The third-order valence-corrected chi connectivity index (χ3v) is 2.34. The molecular formula is C8H10O2S. The fourth-order valence-electron chi connectivity index (χ4n) is 1.09. The van der Waals surface area contributed by atoms with Crippen molar-refractivity contribution in [2.45, 2.75) is 12.7 Å². The summed E-state index contributed by atoms with van der Waals surface area (Å²) in [5.41, 5.74) is 1.15. The van der Waals surface area contributed by atoms with Crippen molar-refractivity contribution >= 4 is 11.3 Å². The summed E-state index contributed by atoms with van der Waals surface area (Å²) in [6, 6.07) is 2.04. The van der Waals surface area contributed by atoms with Crippen LogP contribution in [0.15, 0.2) is 16.8 Å². The summed E-state index contributed by atoms with van der Waals surface area (Å²) in [7, 11) is 0. The lowest BCUT2D eigenvalue weighted by Crippen LogP contribution is -2.16. The number of rotatable bonds is 1. The van der Waals surface area contributed by atoms with Crippen LogP contribution in [0.3, 0.4) is 0 Å². The second-order valence-corrected chi connectivity index (χ2v) is 3.26.